The highest BCUT2D eigenvalue weighted by Gasteiger charge is 2.30. The molecule has 1 aromatic rings. The van der Waals surface area contributed by atoms with E-state index in [1.165, 1.54) is 12.1 Å². The predicted octanol–water partition coefficient (Wildman–Crippen LogP) is 1.56. The van der Waals surface area contributed by atoms with Gasteiger partial charge < -0.3 is 10.4 Å². The summed E-state index contributed by atoms with van der Waals surface area (Å²) in [5, 5.41) is 11.8. The summed E-state index contributed by atoms with van der Waals surface area (Å²) in [5.41, 5.74) is 0.0639. The standard InChI is InChI=1S/C13H15F3N2O2/c14-13(15,16)10-3-1-9(2-4-10)7-18-6-5-17-11(8-18)12(19)20/h1-4,11,17H,5-8H2,(H,19,20). The molecular weight excluding hydrogens is 273 g/mol. The lowest BCUT2D eigenvalue weighted by Gasteiger charge is -2.31. The Kier molecular flexibility index (Phi) is 4.29. The third-order valence-electron chi connectivity index (χ3n) is 3.25. The maximum absolute atomic E-state index is 12.4. The first-order valence-corrected chi connectivity index (χ1v) is 6.21. The quantitative estimate of drug-likeness (QED) is 0.886. The summed E-state index contributed by atoms with van der Waals surface area (Å²) < 4.78 is 37.3. The number of aliphatic carboxylic acids is 1. The van der Waals surface area contributed by atoms with E-state index in [0.29, 0.717) is 26.2 Å². The summed E-state index contributed by atoms with van der Waals surface area (Å²) in [7, 11) is 0. The number of carboxylic acid groups (broad SMARTS) is 1. The summed E-state index contributed by atoms with van der Waals surface area (Å²) >= 11 is 0. The second-order valence-electron chi connectivity index (χ2n) is 4.77. The zero-order chi connectivity index (χ0) is 14.8. The van der Waals surface area contributed by atoms with Crippen LogP contribution in [0, 0.1) is 0 Å². The highest BCUT2D eigenvalue weighted by molar-refractivity contribution is 5.73. The number of halogens is 3. The number of benzene rings is 1. The fourth-order valence-electron chi connectivity index (χ4n) is 2.18. The molecule has 0 amide bonds. The van der Waals surface area contributed by atoms with Crippen LogP contribution in [0.3, 0.4) is 0 Å². The minimum Gasteiger partial charge on any atom is -0.480 e. The Hall–Kier alpha value is -1.60. The van der Waals surface area contributed by atoms with Gasteiger partial charge in [0, 0.05) is 26.2 Å². The molecule has 1 aliphatic rings. The molecule has 1 heterocycles. The molecule has 1 aromatic carbocycles. The maximum atomic E-state index is 12.4. The number of piperazine rings is 1. The number of nitrogens with one attached hydrogen (secondary N) is 1. The zero-order valence-electron chi connectivity index (χ0n) is 10.7. The van der Waals surface area contributed by atoms with E-state index in [9.17, 15) is 18.0 Å². The number of carbonyl (C=O) groups is 1. The Morgan fingerprint density at radius 1 is 1.35 bits per heavy atom. The molecule has 1 unspecified atom stereocenters. The number of hydrogen-bond donors (Lipinski definition) is 2. The molecule has 110 valence electrons. The Morgan fingerprint density at radius 2 is 2.00 bits per heavy atom. The maximum Gasteiger partial charge on any atom is 0.416 e. The van der Waals surface area contributed by atoms with Gasteiger partial charge in [-0.05, 0) is 17.7 Å². The van der Waals surface area contributed by atoms with Crippen molar-refractivity contribution in [2.24, 2.45) is 0 Å². The van der Waals surface area contributed by atoms with Gasteiger partial charge in [0.1, 0.15) is 6.04 Å². The monoisotopic (exact) mass is 288 g/mol. The van der Waals surface area contributed by atoms with Gasteiger partial charge in [-0.15, -0.1) is 0 Å². The van der Waals surface area contributed by atoms with E-state index in [0.717, 1.165) is 17.7 Å². The largest absolute Gasteiger partial charge is 0.480 e. The molecule has 4 nitrogen and oxygen atoms in total. The van der Waals surface area contributed by atoms with Crippen LogP contribution in [-0.2, 0) is 17.5 Å². The van der Waals surface area contributed by atoms with Crippen LogP contribution >= 0.6 is 0 Å². The van der Waals surface area contributed by atoms with Crippen molar-refractivity contribution in [1.29, 1.82) is 0 Å². The lowest BCUT2D eigenvalue weighted by Crippen LogP contribution is -2.53. The number of carboxylic acids is 1. The van der Waals surface area contributed by atoms with Crippen LogP contribution in [0.25, 0.3) is 0 Å². The van der Waals surface area contributed by atoms with E-state index in [4.69, 9.17) is 5.11 Å². The number of hydrogen-bond acceptors (Lipinski definition) is 3. The predicted molar refractivity (Wildman–Crippen MR) is 66.1 cm³/mol. The van der Waals surface area contributed by atoms with Gasteiger partial charge in [-0.25, -0.2) is 0 Å². The van der Waals surface area contributed by atoms with E-state index in [1.807, 2.05) is 4.90 Å². The van der Waals surface area contributed by atoms with Crippen molar-refractivity contribution in [3.05, 3.63) is 35.4 Å². The molecule has 1 aliphatic heterocycles. The molecule has 0 saturated carbocycles. The minimum absolute atomic E-state index is 0.344. The van der Waals surface area contributed by atoms with Gasteiger partial charge in [0.25, 0.3) is 0 Å². The minimum atomic E-state index is -4.33. The van der Waals surface area contributed by atoms with Crippen LogP contribution in [-0.4, -0.2) is 41.7 Å². The lowest BCUT2D eigenvalue weighted by molar-refractivity contribution is -0.141. The molecule has 0 bridgehead atoms. The van der Waals surface area contributed by atoms with Gasteiger partial charge in [0.15, 0.2) is 0 Å². The van der Waals surface area contributed by atoms with Crippen molar-refractivity contribution in [2.45, 2.75) is 18.8 Å². The Labute approximate surface area is 114 Å². The summed E-state index contributed by atoms with van der Waals surface area (Å²) in [6, 6.07) is 4.33. The van der Waals surface area contributed by atoms with E-state index < -0.39 is 23.8 Å². The van der Waals surface area contributed by atoms with Gasteiger partial charge in [-0.3, -0.25) is 9.69 Å². The fraction of sp³-hybridized carbons (Fsp3) is 0.462. The molecule has 2 rings (SSSR count). The number of nitrogens with zero attached hydrogens (tertiary/aromatic N) is 1. The molecule has 0 aromatic heterocycles. The van der Waals surface area contributed by atoms with Crippen LogP contribution in [0.5, 0.6) is 0 Å². The molecule has 0 aliphatic carbocycles. The average Bonchev–Trinajstić information content (AvgIpc) is 2.38. The fourth-order valence-corrected chi connectivity index (χ4v) is 2.18. The molecule has 0 spiro atoms. The normalized spacial score (nSPS) is 20.9. The van der Waals surface area contributed by atoms with Gasteiger partial charge in [-0.1, -0.05) is 12.1 Å². The first kappa shape index (κ1) is 14.8. The Bertz CT molecular complexity index is 473. The van der Waals surface area contributed by atoms with Gasteiger partial charge in [-0.2, -0.15) is 13.2 Å². The van der Waals surface area contributed by atoms with Crippen LogP contribution in [0.15, 0.2) is 24.3 Å². The molecule has 2 N–H and O–H groups in total. The summed E-state index contributed by atoms with van der Waals surface area (Å²) in [6.07, 6.45) is -4.33. The van der Waals surface area contributed by atoms with Crippen molar-refractivity contribution >= 4 is 5.97 Å². The third kappa shape index (κ3) is 3.71. The van der Waals surface area contributed by atoms with Gasteiger partial charge >= 0.3 is 12.1 Å². The molecule has 1 fully saturated rings. The first-order chi connectivity index (χ1) is 9.36. The summed E-state index contributed by atoms with van der Waals surface area (Å²) in [5.74, 6) is -0.915. The van der Waals surface area contributed by atoms with Crippen LogP contribution in [0.4, 0.5) is 13.2 Å². The van der Waals surface area contributed by atoms with Crippen molar-refractivity contribution in [2.75, 3.05) is 19.6 Å². The highest BCUT2D eigenvalue weighted by Crippen LogP contribution is 2.29. The second kappa shape index (κ2) is 5.80. The molecule has 7 heteroatoms. The summed E-state index contributed by atoms with van der Waals surface area (Å²) in [4.78, 5) is 12.8. The SMILES string of the molecule is O=C(O)C1CN(Cc2ccc(C(F)(F)F)cc2)CCN1. The van der Waals surface area contributed by atoms with E-state index in [2.05, 4.69) is 5.32 Å². The Morgan fingerprint density at radius 3 is 2.55 bits per heavy atom. The molecule has 1 saturated heterocycles. The zero-order valence-corrected chi connectivity index (χ0v) is 10.7. The van der Waals surface area contributed by atoms with E-state index in [-0.39, 0.29) is 0 Å². The van der Waals surface area contributed by atoms with Gasteiger partial charge in [0.05, 0.1) is 5.56 Å². The van der Waals surface area contributed by atoms with Crippen molar-refractivity contribution in [3.8, 4) is 0 Å². The molecule has 20 heavy (non-hydrogen) atoms. The molecular formula is C13H15F3N2O2. The van der Waals surface area contributed by atoms with Gasteiger partial charge in [0.2, 0.25) is 0 Å². The smallest absolute Gasteiger partial charge is 0.416 e. The lowest BCUT2D eigenvalue weighted by atomic mass is 10.1. The van der Waals surface area contributed by atoms with Crippen LogP contribution in [0.2, 0.25) is 0 Å². The van der Waals surface area contributed by atoms with E-state index in [1.54, 1.807) is 0 Å². The molecule has 0 radical (unpaired) electrons. The highest BCUT2D eigenvalue weighted by atomic mass is 19.4. The van der Waals surface area contributed by atoms with Crippen molar-refractivity contribution in [1.82, 2.24) is 10.2 Å². The summed E-state index contributed by atoms with van der Waals surface area (Å²) in [6.45, 7) is 2.02. The van der Waals surface area contributed by atoms with Crippen LogP contribution < -0.4 is 5.32 Å². The topological polar surface area (TPSA) is 52.6 Å². The second-order valence-corrected chi connectivity index (χ2v) is 4.77. The molecule has 1 atom stereocenters. The third-order valence-corrected chi connectivity index (χ3v) is 3.25. The van der Waals surface area contributed by atoms with Crippen molar-refractivity contribution < 1.29 is 23.1 Å². The number of rotatable bonds is 3. The van der Waals surface area contributed by atoms with Crippen molar-refractivity contribution in [3.63, 3.8) is 0 Å². The Balaban J connectivity index is 1.98. The number of alkyl halides is 3. The van der Waals surface area contributed by atoms with Crippen LogP contribution in [0.1, 0.15) is 11.1 Å². The van der Waals surface area contributed by atoms with E-state index >= 15 is 0 Å². The first-order valence-electron chi connectivity index (χ1n) is 6.21. The average molecular weight is 288 g/mol.